The van der Waals surface area contributed by atoms with Crippen molar-refractivity contribution in [2.45, 2.75) is 26.4 Å². The van der Waals surface area contributed by atoms with Gasteiger partial charge in [-0.25, -0.2) is 9.78 Å². The van der Waals surface area contributed by atoms with Crippen molar-refractivity contribution in [3.63, 3.8) is 0 Å². The zero-order chi connectivity index (χ0) is 22.7. The molecule has 9 heteroatoms. The lowest BCUT2D eigenvalue weighted by Crippen LogP contribution is -2.50. The summed E-state index contributed by atoms with van der Waals surface area (Å²) in [6, 6.07) is 11.7. The maximum Gasteiger partial charge on any atom is 0.410 e. The average Bonchev–Trinajstić information content (AvgIpc) is 3.45. The van der Waals surface area contributed by atoms with Crippen LogP contribution in [0.2, 0.25) is 0 Å². The van der Waals surface area contributed by atoms with Gasteiger partial charge in [0, 0.05) is 31.6 Å². The summed E-state index contributed by atoms with van der Waals surface area (Å²) in [6.07, 6.45) is -0.288. The number of nitrogens with one attached hydrogen (secondary N) is 1. The van der Waals surface area contributed by atoms with Crippen LogP contribution < -0.4 is 10.2 Å². The van der Waals surface area contributed by atoms with Crippen molar-refractivity contribution < 1.29 is 14.3 Å². The van der Waals surface area contributed by atoms with E-state index in [9.17, 15) is 9.59 Å². The van der Waals surface area contributed by atoms with Crippen LogP contribution in [-0.4, -0.2) is 53.7 Å². The van der Waals surface area contributed by atoms with Crippen molar-refractivity contribution in [1.29, 1.82) is 0 Å². The van der Waals surface area contributed by atoms with Crippen molar-refractivity contribution >= 4 is 46.0 Å². The molecule has 0 saturated carbocycles. The predicted molar refractivity (Wildman–Crippen MR) is 130 cm³/mol. The minimum atomic E-state index is -0.510. The molecular formula is C23H26N4O3S2. The molecule has 1 aromatic carbocycles. The summed E-state index contributed by atoms with van der Waals surface area (Å²) in [5.74, 6) is -0.233. The number of thiophene rings is 1. The van der Waals surface area contributed by atoms with Crippen LogP contribution >= 0.6 is 22.7 Å². The van der Waals surface area contributed by atoms with Crippen molar-refractivity contribution in [3.05, 3.63) is 52.9 Å². The summed E-state index contributed by atoms with van der Waals surface area (Å²) in [6.45, 7) is 8.04. The number of rotatable bonds is 4. The topological polar surface area (TPSA) is 74.8 Å². The molecule has 0 aliphatic carbocycles. The molecule has 1 saturated heterocycles. The molecule has 3 heterocycles. The molecule has 0 atom stereocenters. The van der Waals surface area contributed by atoms with E-state index in [0.29, 0.717) is 31.9 Å². The van der Waals surface area contributed by atoms with E-state index < -0.39 is 5.60 Å². The number of thiazole rings is 1. The van der Waals surface area contributed by atoms with E-state index in [1.54, 1.807) is 21.6 Å². The van der Waals surface area contributed by atoms with Gasteiger partial charge in [0.2, 0.25) is 0 Å². The monoisotopic (exact) mass is 470 g/mol. The van der Waals surface area contributed by atoms with Crippen LogP contribution in [-0.2, 0) is 4.74 Å². The third-order valence-corrected chi connectivity index (χ3v) is 6.77. The van der Waals surface area contributed by atoms with Crippen LogP contribution in [0.4, 0.5) is 16.2 Å². The normalized spacial score (nSPS) is 14.3. The van der Waals surface area contributed by atoms with Gasteiger partial charge in [0.05, 0.1) is 16.3 Å². The summed E-state index contributed by atoms with van der Waals surface area (Å²) in [5.41, 5.74) is 1.56. The van der Waals surface area contributed by atoms with Gasteiger partial charge in [-0.1, -0.05) is 18.2 Å². The summed E-state index contributed by atoms with van der Waals surface area (Å²) in [7, 11) is 0. The average molecular weight is 471 g/mol. The van der Waals surface area contributed by atoms with Crippen LogP contribution in [0.1, 0.15) is 31.3 Å². The van der Waals surface area contributed by atoms with Gasteiger partial charge < -0.3 is 19.9 Å². The number of hydrogen-bond donors (Lipinski definition) is 1. The molecule has 2 amide bonds. The molecule has 0 bridgehead atoms. The van der Waals surface area contributed by atoms with Crippen LogP contribution in [0.5, 0.6) is 0 Å². The lowest BCUT2D eigenvalue weighted by atomic mass is 10.2. The van der Waals surface area contributed by atoms with E-state index in [4.69, 9.17) is 4.74 Å². The third-order valence-electron chi connectivity index (χ3n) is 4.89. The minimum Gasteiger partial charge on any atom is -0.444 e. The van der Waals surface area contributed by atoms with Gasteiger partial charge in [0.25, 0.3) is 5.91 Å². The zero-order valence-corrected chi connectivity index (χ0v) is 20.0. The first-order valence-electron chi connectivity index (χ1n) is 10.4. The molecule has 1 aliphatic heterocycles. The molecule has 0 radical (unpaired) electrons. The maximum absolute atomic E-state index is 12.9. The van der Waals surface area contributed by atoms with Crippen molar-refractivity contribution in [1.82, 2.24) is 9.88 Å². The number of carbonyl (C=O) groups is 2. The lowest BCUT2D eigenvalue weighted by molar-refractivity contribution is 0.0240. The van der Waals surface area contributed by atoms with Gasteiger partial charge in [-0.15, -0.1) is 22.7 Å². The number of carbonyl (C=O) groups excluding carboxylic acids is 2. The minimum absolute atomic E-state index is 0.233. The molecule has 4 rings (SSSR count). The number of para-hydroxylation sites is 2. The Labute approximate surface area is 195 Å². The van der Waals surface area contributed by atoms with Gasteiger partial charge in [-0.2, -0.15) is 0 Å². The first-order chi connectivity index (χ1) is 15.3. The van der Waals surface area contributed by atoms with Gasteiger partial charge in [-0.3, -0.25) is 4.79 Å². The van der Waals surface area contributed by atoms with E-state index in [1.165, 1.54) is 11.3 Å². The molecule has 7 nitrogen and oxygen atoms in total. The summed E-state index contributed by atoms with van der Waals surface area (Å²) < 4.78 is 5.48. The molecule has 0 unspecified atom stereocenters. The van der Waals surface area contributed by atoms with Gasteiger partial charge in [0.15, 0.2) is 0 Å². The van der Waals surface area contributed by atoms with E-state index in [2.05, 4.69) is 15.2 Å². The summed E-state index contributed by atoms with van der Waals surface area (Å²) in [5, 5.41) is 7.63. The number of anilines is 2. The fourth-order valence-electron chi connectivity index (χ4n) is 3.39. The highest BCUT2D eigenvalue weighted by Gasteiger charge is 2.27. The largest absolute Gasteiger partial charge is 0.444 e. The van der Waals surface area contributed by atoms with Gasteiger partial charge in [-0.05, 0) is 44.4 Å². The second kappa shape index (κ2) is 9.30. The smallest absolute Gasteiger partial charge is 0.410 e. The summed E-state index contributed by atoms with van der Waals surface area (Å²) in [4.78, 5) is 34.6. The van der Waals surface area contributed by atoms with E-state index in [0.717, 1.165) is 21.3 Å². The Morgan fingerprint density at radius 3 is 2.47 bits per heavy atom. The molecule has 32 heavy (non-hydrogen) atoms. The van der Waals surface area contributed by atoms with E-state index >= 15 is 0 Å². The molecular weight excluding hydrogens is 444 g/mol. The molecule has 1 fully saturated rings. The Hall–Kier alpha value is -2.91. The number of nitrogens with zero attached hydrogens (tertiary/aromatic N) is 3. The van der Waals surface area contributed by atoms with Gasteiger partial charge >= 0.3 is 6.09 Å². The third kappa shape index (κ3) is 5.28. The van der Waals surface area contributed by atoms with Crippen molar-refractivity contribution in [2.75, 3.05) is 36.4 Å². The number of hydrogen-bond acceptors (Lipinski definition) is 7. The van der Waals surface area contributed by atoms with Crippen LogP contribution in [0, 0.1) is 0 Å². The molecule has 1 N–H and O–H groups in total. The Balaban J connectivity index is 1.41. The Bertz CT molecular complexity index is 1080. The lowest BCUT2D eigenvalue weighted by Gasteiger charge is -2.37. The van der Waals surface area contributed by atoms with Crippen LogP contribution in [0.25, 0.3) is 9.88 Å². The standard InChI is InChI=1S/C23H26N4O3S2/c1-23(2,3)30-22(29)27-12-10-26(11-13-27)18-8-5-4-7-16(18)24-20(28)17-15-32-21(25-17)19-9-6-14-31-19/h4-9,14-15H,10-13H2,1-3H3,(H,24,28). The SMILES string of the molecule is CC(C)(C)OC(=O)N1CCN(c2ccccc2NC(=O)c2csc(-c3cccs3)n2)CC1. The first kappa shape index (κ1) is 22.3. The predicted octanol–water partition coefficient (Wildman–Crippen LogP) is 5.18. The fraction of sp³-hybridized carbons (Fsp3) is 0.348. The van der Waals surface area contributed by atoms with Crippen molar-refractivity contribution in [3.8, 4) is 9.88 Å². The zero-order valence-electron chi connectivity index (χ0n) is 18.3. The fourth-order valence-corrected chi connectivity index (χ4v) is 5.00. The van der Waals surface area contributed by atoms with Crippen LogP contribution in [0.15, 0.2) is 47.2 Å². The quantitative estimate of drug-likeness (QED) is 0.569. The number of piperazine rings is 1. The number of aromatic nitrogens is 1. The second-order valence-corrected chi connectivity index (χ2v) is 10.2. The number of ether oxygens (including phenoxy) is 1. The Morgan fingerprint density at radius 2 is 1.78 bits per heavy atom. The Morgan fingerprint density at radius 1 is 1.03 bits per heavy atom. The summed E-state index contributed by atoms with van der Waals surface area (Å²) >= 11 is 3.07. The first-order valence-corrected chi connectivity index (χ1v) is 12.2. The molecule has 2 aromatic heterocycles. The molecule has 3 aromatic rings. The molecule has 168 valence electrons. The Kier molecular flexibility index (Phi) is 6.48. The molecule has 1 aliphatic rings. The van der Waals surface area contributed by atoms with Gasteiger partial charge in [0.1, 0.15) is 16.3 Å². The highest BCUT2D eigenvalue weighted by atomic mass is 32.1. The van der Waals surface area contributed by atoms with E-state index in [-0.39, 0.29) is 12.0 Å². The van der Waals surface area contributed by atoms with E-state index in [1.807, 2.05) is 62.5 Å². The maximum atomic E-state index is 12.9. The molecule has 0 spiro atoms. The highest BCUT2D eigenvalue weighted by Crippen LogP contribution is 2.30. The second-order valence-electron chi connectivity index (χ2n) is 8.44. The number of amides is 2. The number of benzene rings is 1. The van der Waals surface area contributed by atoms with Crippen LogP contribution in [0.3, 0.4) is 0 Å². The van der Waals surface area contributed by atoms with Crippen molar-refractivity contribution in [2.24, 2.45) is 0 Å². The highest BCUT2D eigenvalue weighted by molar-refractivity contribution is 7.20.